The van der Waals surface area contributed by atoms with E-state index in [1.54, 1.807) is 0 Å². The topological polar surface area (TPSA) is 70.2 Å². The highest BCUT2D eigenvalue weighted by Crippen LogP contribution is 2.15. The van der Waals surface area contributed by atoms with Crippen LogP contribution in [0, 0.1) is 0 Å². The van der Waals surface area contributed by atoms with Gasteiger partial charge in [-0.2, -0.15) is 0 Å². The second kappa shape index (κ2) is 8.85. The maximum atomic E-state index is 12.4. The molecule has 136 valence electrons. The van der Waals surface area contributed by atoms with Gasteiger partial charge < -0.3 is 19.9 Å². The number of hydrogen-bond donors (Lipinski definition) is 2. The van der Waals surface area contributed by atoms with E-state index in [0.29, 0.717) is 25.7 Å². The number of urea groups is 1. The van der Waals surface area contributed by atoms with Crippen molar-refractivity contribution in [1.29, 1.82) is 0 Å². The molecule has 2 amide bonds. The Morgan fingerprint density at radius 1 is 1.40 bits per heavy atom. The molecular formula is C19H28N4O2. The highest BCUT2D eigenvalue weighted by Gasteiger charge is 2.16. The predicted octanol–water partition coefficient (Wildman–Crippen LogP) is 3.10. The Kier molecular flexibility index (Phi) is 6.28. The van der Waals surface area contributed by atoms with Crippen molar-refractivity contribution in [2.45, 2.75) is 45.1 Å². The molecule has 1 aliphatic heterocycles. The van der Waals surface area contributed by atoms with Crippen molar-refractivity contribution in [3.8, 4) is 0 Å². The molecule has 2 N–H and O–H groups in total. The summed E-state index contributed by atoms with van der Waals surface area (Å²) in [4.78, 5) is 22.1. The Morgan fingerprint density at radius 3 is 3.04 bits per heavy atom. The fourth-order valence-electron chi connectivity index (χ4n) is 3.26. The van der Waals surface area contributed by atoms with Gasteiger partial charge in [0.05, 0.1) is 17.1 Å². The molecule has 6 nitrogen and oxygen atoms in total. The summed E-state index contributed by atoms with van der Waals surface area (Å²) in [7, 11) is 0. The summed E-state index contributed by atoms with van der Waals surface area (Å²) >= 11 is 0. The van der Waals surface area contributed by atoms with Gasteiger partial charge in [0.15, 0.2) is 0 Å². The molecule has 1 aromatic carbocycles. The summed E-state index contributed by atoms with van der Waals surface area (Å²) in [6.45, 7) is 4.87. The zero-order valence-corrected chi connectivity index (χ0v) is 15.0. The van der Waals surface area contributed by atoms with E-state index in [1.807, 2.05) is 36.1 Å². The van der Waals surface area contributed by atoms with Gasteiger partial charge in [0.25, 0.3) is 0 Å². The van der Waals surface area contributed by atoms with Gasteiger partial charge in [0.2, 0.25) is 0 Å². The van der Waals surface area contributed by atoms with Crippen LogP contribution in [0.5, 0.6) is 0 Å². The summed E-state index contributed by atoms with van der Waals surface area (Å²) in [5, 5.41) is 3.02. The molecule has 1 atom stereocenters. The third-order valence-electron chi connectivity index (χ3n) is 4.74. The minimum Gasteiger partial charge on any atom is -0.378 e. The number of aromatic amines is 1. The maximum absolute atomic E-state index is 12.4. The highest BCUT2D eigenvalue weighted by atomic mass is 16.5. The van der Waals surface area contributed by atoms with Crippen molar-refractivity contribution in [2.24, 2.45) is 0 Å². The van der Waals surface area contributed by atoms with Gasteiger partial charge in [-0.05, 0) is 44.7 Å². The van der Waals surface area contributed by atoms with Crippen LogP contribution in [0.3, 0.4) is 0 Å². The largest absolute Gasteiger partial charge is 0.378 e. The highest BCUT2D eigenvalue weighted by molar-refractivity contribution is 5.75. The zero-order valence-electron chi connectivity index (χ0n) is 15.0. The molecule has 0 bridgehead atoms. The van der Waals surface area contributed by atoms with Crippen LogP contribution >= 0.6 is 0 Å². The lowest BCUT2D eigenvalue weighted by atomic mass is 10.1. The number of aromatic nitrogens is 2. The van der Waals surface area contributed by atoms with Crippen LogP contribution in [-0.4, -0.2) is 53.2 Å². The molecule has 6 heteroatoms. The van der Waals surface area contributed by atoms with Crippen LogP contribution in [0.4, 0.5) is 4.79 Å². The van der Waals surface area contributed by atoms with Crippen molar-refractivity contribution in [1.82, 2.24) is 20.2 Å². The number of likely N-dealkylation sites (N-methyl/N-ethyl adjacent to an activating group) is 1. The van der Waals surface area contributed by atoms with Crippen molar-refractivity contribution < 1.29 is 9.53 Å². The molecule has 2 heterocycles. The monoisotopic (exact) mass is 344 g/mol. The van der Waals surface area contributed by atoms with E-state index in [4.69, 9.17) is 4.74 Å². The Bertz CT molecular complexity index is 646. The summed E-state index contributed by atoms with van der Waals surface area (Å²) in [6.07, 6.45) is 5.43. The molecule has 1 aliphatic rings. The number of ether oxygens (including phenoxy) is 1. The predicted molar refractivity (Wildman–Crippen MR) is 98.7 cm³/mol. The van der Waals surface area contributed by atoms with Gasteiger partial charge in [-0.25, -0.2) is 9.78 Å². The standard InChI is InChI=1S/C19H28N4O2/c1-2-23(19(24)20-12-10-15-7-5-6-14-25-15)13-11-18-21-16-8-3-4-9-17(16)22-18/h3-4,8-9,15H,2,5-7,10-14H2,1H3,(H,20,24)(H,21,22)/t15-/m0/s1. The summed E-state index contributed by atoms with van der Waals surface area (Å²) in [5.41, 5.74) is 2.01. The molecule has 1 aromatic heterocycles. The number of carbonyl (C=O) groups excluding carboxylic acids is 1. The van der Waals surface area contributed by atoms with Crippen molar-refractivity contribution in [3.05, 3.63) is 30.1 Å². The first-order valence-corrected chi connectivity index (χ1v) is 9.34. The molecule has 25 heavy (non-hydrogen) atoms. The lowest BCUT2D eigenvalue weighted by Crippen LogP contribution is -2.42. The van der Waals surface area contributed by atoms with Gasteiger partial charge in [-0.3, -0.25) is 0 Å². The molecule has 1 saturated heterocycles. The third kappa shape index (κ3) is 4.95. The number of imidazole rings is 1. The number of fused-ring (bicyclic) bond motifs is 1. The van der Waals surface area contributed by atoms with E-state index < -0.39 is 0 Å². The second-order valence-electron chi connectivity index (χ2n) is 6.54. The van der Waals surface area contributed by atoms with Crippen LogP contribution < -0.4 is 5.32 Å². The number of amides is 2. The number of nitrogens with zero attached hydrogens (tertiary/aromatic N) is 2. The number of carbonyl (C=O) groups is 1. The number of para-hydroxylation sites is 2. The molecule has 0 spiro atoms. The van der Waals surface area contributed by atoms with Crippen LogP contribution in [0.2, 0.25) is 0 Å². The van der Waals surface area contributed by atoms with E-state index in [9.17, 15) is 4.79 Å². The van der Waals surface area contributed by atoms with E-state index in [1.165, 1.54) is 6.42 Å². The number of hydrogen-bond acceptors (Lipinski definition) is 3. The molecule has 0 radical (unpaired) electrons. The summed E-state index contributed by atoms with van der Waals surface area (Å²) in [5.74, 6) is 0.919. The zero-order chi connectivity index (χ0) is 17.5. The number of H-pyrrole nitrogens is 1. The van der Waals surface area contributed by atoms with Crippen molar-refractivity contribution in [3.63, 3.8) is 0 Å². The van der Waals surface area contributed by atoms with Crippen LogP contribution in [0.1, 0.15) is 38.4 Å². The van der Waals surface area contributed by atoms with Gasteiger partial charge in [-0.1, -0.05) is 12.1 Å². The number of rotatable bonds is 7. The van der Waals surface area contributed by atoms with E-state index >= 15 is 0 Å². The van der Waals surface area contributed by atoms with Crippen molar-refractivity contribution >= 4 is 17.1 Å². The van der Waals surface area contributed by atoms with Gasteiger partial charge >= 0.3 is 6.03 Å². The second-order valence-corrected chi connectivity index (χ2v) is 6.54. The average Bonchev–Trinajstić information content (AvgIpc) is 3.06. The first-order valence-electron chi connectivity index (χ1n) is 9.34. The van der Waals surface area contributed by atoms with Gasteiger partial charge in [0.1, 0.15) is 5.82 Å². The molecule has 0 saturated carbocycles. The van der Waals surface area contributed by atoms with E-state index in [-0.39, 0.29) is 6.03 Å². The third-order valence-corrected chi connectivity index (χ3v) is 4.74. The Hall–Kier alpha value is -2.08. The normalized spacial score (nSPS) is 17.6. The van der Waals surface area contributed by atoms with E-state index in [2.05, 4.69) is 15.3 Å². The Balaban J connectivity index is 1.43. The van der Waals surface area contributed by atoms with Gasteiger partial charge in [0, 0.05) is 32.7 Å². The molecule has 2 aromatic rings. The van der Waals surface area contributed by atoms with E-state index in [0.717, 1.165) is 49.1 Å². The lowest BCUT2D eigenvalue weighted by Gasteiger charge is -2.24. The maximum Gasteiger partial charge on any atom is 0.317 e. The lowest BCUT2D eigenvalue weighted by molar-refractivity contribution is 0.0118. The van der Waals surface area contributed by atoms with Gasteiger partial charge in [-0.15, -0.1) is 0 Å². The molecule has 3 rings (SSSR count). The van der Waals surface area contributed by atoms with Crippen LogP contribution in [0.25, 0.3) is 11.0 Å². The fourth-order valence-corrected chi connectivity index (χ4v) is 3.26. The summed E-state index contributed by atoms with van der Waals surface area (Å²) < 4.78 is 5.70. The molecule has 0 unspecified atom stereocenters. The number of nitrogens with one attached hydrogen (secondary N) is 2. The fraction of sp³-hybridized carbons (Fsp3) is 0.579. The minimum absolute atomic E-state index is 0.00517. The Labute approximate surface area is 149 Å². The molecule has 1 fully saturated rings. The first-order chi connectivity index (χ1) is 12.3. The molecular weight excluding hydrogens is 316 g/mol. The number of benzene rings is 1. The molecule has 0 aliphatic carbocycles. The summed E-state index contributed by atoms with van der Waals surface area (Å²) in [6, 6.07) is 7.98. The van der Waals surface area contributed by atoms with Crippen LogP contribution in [0.15, 0.2) is 24.3 Å². The quantitative estimate of drug-likeness (QED) is 0.811. The first kappa shape index (κ1) is 17.7. The van der Waals surface area contributed by atoms with Crippen LogP contribution in [-0.2, 0) is 11.2 Å². The minimum atomic E-state index is -0.00517. The van der Waals surface area contributed by atoms with Crippen molar-refractivity contribution in [2.75, 3.05) is 26.2 Å². The average molecular weight is 344 g/mol. The smallest absolute Gasteiger partial charge is 0.317 e. The Morgan fingerprint density at radius 2 is 2.28 bits per heavy atom. The SMILES string of the molecule is CCN(CCc1nc2ccccc2[nH]1)C(=O)NCC[C@@H]1CCCCO1.